The van der Waals surface area contributed by atoms with E-state index in [9.17, 15) is 0 Å². The molecule has 0 amide bonds. The second-order valence-electron chi connectivity index (χ2n) is 6.11. The van der Waals surface area contributed by atoms with Gasteiger partial charge in [-0.25, -0.2) is 0 Å². The second-order valence-corrected chi connectivity index (χ2v) is 6.11. The largest absolute Gasteiger partial charge is 0.371 e. The Morgan fingerprint density at radius 2 is 1.91 bits per heavy atom. The van der Waals surface area contributed by atoms with E-state index in [0.717, 1.165) is 38.3 Å². The molecule has 1 atom stereocenters. The van der Waals surface area contributed by atoms with Crippen molar-refractivity contribution in [2.24, 2.45) is 5.92 Å². The van der Waals surface area contributed by atoms with E-state index in [0.29, 0.717) is 5.92 Å². The van der Waals surface area contributed by atoms with E-state index in [-0.39, 0.29) is 0 Å². The van der Waals surface area contributed by atoms with Crippen LogP contribution >= 0.6 is 0 Å². The van der Waals surface area contributed by atoms with Gasteiger partial charge in [0.25, 0.3) is 0 Å². The minimum atomic E-state index is 0.405. The number of dihydropyridines is 1. The SMILES string of the molecule is C=C/C=C(\C=C)N1CCN(C(=C)C2C3=CCC(C)=C2N3)CC1. The van der Waals surface area contributed by atoms with Crippen LogP contribution < -0.4 is 5.32 Å². The van der Waals surface area contributed by atoms with E-state index in [1.807, 2.05) is 18.2 Å². The zero-order chi connectivity index (χ0) is 15.7. The first-order chi connectivity index (χ1) is 10.7. The molecular weight excluding hydrogens is 270 g/mol. The van der Waals surface area contributed by atoms with Crippen LogP contribution in [0.15, 0.2) is 72.4 Å². The number of nitrogens with zero attached hydrogens (tertiary/aromatic N) is 2. The van der Waals surface area contributed by atoms with Gasteiger partial charge in [-0.2, -0.15) is 0 Å². The summed E-state index contributed by atoms with van der Waals surface area (Å²) in [6.45, 7) is 18.3. The molecule has 1 unspecified atom stereocenters. The van der Waals surface area contributed by atoms with Gasteiger partial charge >= 0.3 is 0 Å². The molecule has 2 saturated heterocycles. The minimum absolute atomic E-state index is 0.405. The van der Waals surface area contributed by atoms with Crippen LogP contribution in [0.1, 0.15) is 13.3 Å². The molecule has 2 fully saturated rings. The molecule has 2 aliphatic heterocycles. The van der Waals surface area contributed by atoms with Crippen molar-refractivity contribution in [2.45, 2.75) is 13.3 Å². The van der Waals surface area contributed by atoms with Crippen LogP contribution in [0.5, 0.6) is 0 Å². The predicted molar refractivity (Wildman–Crippen MR) is 92.8 cm³/mol. The highest BCUT2D eigenvalue weighted by atomic mass is 15.3. The summed E-state index contributed by atoms with van der Waals surface area (Å²) in [5, 5.41) is 3.46. The second kappa shape index (κ2) is 5.91. The number of piperazine rings is 1. The Morgan fingerprint density at radius 3 is 2.45 bits per heavy atom. The fourth-order valence-electron chi connectivity index (χ4n) is 3.48. The Balaban J connectivity index is 1.63. The number of allylic oxidation sites excluding steroid dienone is 5. The molecule has 0 aromatic heterocycles. The number of hydrogen-bond acceptors (Lipinski definition) is 3. The van der Waals surface area contributed by atoms with Gasteiger partial charge in [-0.1, -0.05) is 31.9 Å². The Kier molecular flexibility index (Phi) is 3.97. The Bertz CT molecular complexity index is 598. The number of fused-ring (bicyclic) bond motifs is 2. The Morgan fingerprint density at radius 1 is 1.23 bits per heavy atom. The average molecular weight is 295 g/mol. The molecule has 0 spiro atoms. The molecule has 0 aromatic rings. The normalized spacial score (nSPS) is 24.3. The quantitative estimate of drug-likeness (QED) is 0.786. The maximum absolute atomic E-state index is 4.39. The molecule has 0 radical (unpaired) electrons. The van der Waals surface area contributed by atoms with Gasteiger partial charge in [-0.15, -0.1) is 0 Å². The summed E-state index contributed by atoms with van der Waals surface area (Å²) in [7, 11) is 0. The Hall–Kier alpha value is -2.16. The number of hydrogen-bond donors (Lipinski definition) is 1. The van der Waals surface area contributed by atoms with Crippen LogP contribution in [0.4, 0.5) is 0 Å². The van der Waals surface area contributed by atoms with E-state index in [2.05, 4.69) is 47.9 Å². The smallest absolute Gasteiger partial charge is 0.0780 e. The summed E-state index contributed by atoms with van der Waals surface area (Å²) in [6, 6.07) is 0. The monoisotopic (exact) mass is 295 g/mol. The van der Waals surface area contributed by atoms with Gasteiger partial charge < -0.3 is 15.1 Å². The summed E-state index contributed by atoms with van der Waals surface area (Å²) in [4.78, 5) is 4.80. The molecule has 22 heavy (non-hydrogen) atoms. The number of rotatable bonds is 5. The predicted octanol–water partition coefficient (Wildman–Crippen LogP) is 3.15. The van der Waals surface area contributed by atoms with Crippen LogP contribution in [-0.4, -0.2) is 36.0 Å². The van der Waals surface area contributed by atoms with Gasteiger partial charge in [-0.05, 0) is 31.1 Å². The molecule has 3 heteroatoms. The lowest BCUT2D eigenvalue weighted by atomic mass is 9.81. The molecule has 0 aromatic carbocycles. The van der Waals surface area contributed by atoms with Crippen LogP contribution in [0.25, 0.3) is 0 Å². The first-order valence-corrected chi connectivity index (χ1v) is 7.96. The lowest BCUT2D eigenvalue weighted by Gasteiger charge is -2.47. The molecular formula is C19H25N3. The van der Waals surface area contributed by atoms with Crippen molar-refractivity contribution in [3.05, 3.63) is 72.4 Å². The standard InChI is InChI=1S/C19H25N3/c1-5-7-16(6-2)22-12-10-21(11-13-22)15(4)18-17-9-8-14(3)19(18)20-17/h5-7,9,18,20H,1-2,4,8,10-13H2,3H3/b16-7+. The van der Waals surface area contributed by atoms with Crippen LogP contribution in [0, 0.1) is 5.92 Å². The average Bonchev–Trinajstić information content (AvgIpc) is 2.52. The van der Waals surface area contributed by atoms with E-state index in [1.165, 1.54) is 22.7 Å². The van der Waals surface area contributed by atoms with Crippen LogP contribution in [-0.2, 0) is 0 Å². The van der Waals surface area contributed by atoms with E-state index in [4.69, 9.17) is 0 Å². The lowest BCUT2D eigenvalue weighted by molar-refractivity contribution is 0.183. The first kappa shape index (κ1) is 14.8. The zero-order valence-electron chi connectivity index (χ0n) is 13.4. The third kappa shape index (κ3) is 2.41. The molecule has 3 nitrogen and oxygen atoms in total. The van der Waals surface area contributed by atoms with Crippen molar-refractivity contribution in [2.75, 3.05) is 26.2 Å². The molecule has 116 valence electrons. The van der Waals surface area contributed by atoms with Crippen LogP contribution in [0.3, 0.4) is 0 Å². The highest BCUT2D eigenvalue weighted by Crippen LogP contribution is 2.42. The van der Waals surface area contributed by atoms with Gasteiger partial charge in [0.05, 0.1) is 5.92 Å². The third-order valence-corrected chi connectivity index (χ3v) is 4.85. The Labute approximate surface area is 133 Å². The topological polar surface area (TPSA) is 18.5 Å². The van der Waals surface area contributed by atoms with Crippen molar-refractivity contribution in [3.8, 4) is 0 Å². The minimum Gasteiger partial charge on any atom is -0.371 e. The van der Waals surface area contributed by atoms with Crippen molar-refractivity contribution in [1.29, 1.82) is 0 Å². The summed E-state index contributed by atoms with van der Waals surface area (Å²) < 4.78 is 0. The highest BCUT2D eigenvalue weighted by Gasteiger charge is 2.38. The molecule has 2 heterocycles. The zero-order valence-corrected chi connectivity index (χ0v) is 13.4. The maximum atomic E-state index is 4.39. The first-order valence-electron chi connectivity index (χ1n) is 7.96. The van der Waals surface area contributed by atoms with Crippen molar-refractivity contribution in [3.63, 3.8) is 0 Å². The lowest BCUT2D eigenvalue weighted by Crippen LogP contribution is -2.50. The molecule has 3 rings (SSSR count). The molecule has 3 aliphatic rings. The van der Waals surface area contributed by atoms with Crippen molar-refractivity contribution >= 4 is 0 Å². The molecule has 0 saturated carbocycles. The van der Waals surface area contributed by atoms with Gasteiger partial charge in [0.2, 0.25) is 0 Å². The van der Waals surface area contributed by atoms with Gasteiger partial charge in [0.15, 0.2) is 0 Å². The summed E-state index contributed by atoms with van der Waals surface area (Å²) in [5.74, 6) is 0.405. The molecule has 1 aliphatic carbocycles. The fraction of sp³-hybridized carbons (Fsp3) is 0.368. The third-order valence-electron chi connectivity index (χ3n) is 4.85. The highest BCUT2D eigenvalue weighted by molar-refractivity contribution is 5.47. The fourth-order valence-corrected chi connectivity index (χ4v) is 3.48. The van der Waals surface area contributed by atoms with E-state index >= 15 is 0 Å². The van der Waals surface area contributed by atoms with Crippen molar-refractivity contribution < 1.29 is 0 Å². The summed E-state index contributed by atoms with van der Waals surface area (Å²) in [5.41, 5.74) is 6.56. The molecule has 2 bridgehead atoms. The van der Waals surface area contributed by atoms with Gasteiger partial charge in [0.1, 0.15) is 0 Å². The van der Waals surface area contributed by atoms with E-state index < -0.39 is 0 Å². The van der Waals surface area contributed by atoms with Crippen LogP contribution in [0.2, 0.25) is 0 Å². The number of nitrogens with one attached hydrogen (secondary N) is 1. The molecule has 1 N–H and O–H groups in total. The van der Waals surface area contributed by atoms with E-state index in [1.54, 1.807) is 0 Å². The summed E-state index contributed by atoms with van der Waals surface area (Å²) in [6.07, 6.45) is 9.15. The van der Waals surface area contributed by atoms with Crippen molar-refractivity contribution in [1.82, 2.24) is 15.1 Å². The summed E-state index contributed by atoms with van der Waals surface area (Å²) >= 11 is 0. The van der Waals surface area contributed by atoms with Gasteiger partial charge in [-0.3, -0.25) is 0 Å². The maximum Gasteiger partial charge on any atom is 0.0780 e. The van der Waals surface area contributed by atoms with Gasteiger partial charge in [0, 0.05) is 49.0 Å².